The minimum atomic E-state index is -0.616. The molecule has 1 aliphatic heterocycles. The second-order valence-corrected chi connectivity index (χ2v) is 9.17. The first-order chi connectivity index (χ1) is 13.7. The predicted molar refractivity (Wildman–Crippen MR) is 119 cm³/mol. The quantitative estimate of drug-likeness (QED) is 0.697. The molecule has 1 N–H and O–H groups in total. The predicted octanol–water partition coefficient (Wildman–Crippen LogP) is 5.07. The monoisotopic (exact) mass is 412 g/mol. The van der Waals surface area contributed by atoms with Crippen molar-refractivity contribution in [3.8, 4) is 5.75 Å². The number of hydrogen-bond donors (Lipinski definition) is 1. The molecular weight excluding hydrogens is 384 g/mol. The molecule has 3 rings (SSSR count). The van der Waals surface area contributed by atoms with Gasteiger partial charge in [0, 0.05) is 17.1 Å². The van der Waals surface area contributed by atoms with Crippen LogP contribution in [0.5, 0.6) is 5.75 Å². The first-order valence-corrected chi connectivity index (χ1v) is 11.0. The van der Waals surface area contributed by atoms with Gasteiger partial charge in [0.25, 0.3) is 5.91 Å². The Balaban J connectivity index is 1.95. The van der Waals surface area contributed by atoms with Crippen LogP contribution in [0.4, 0.5) is 11.4 Å². The van der Waals surface area contributed by atoms with Gasteiger partial charge >= 0.3 is 0 Å². The van der Waals surface area contributed by atoms with E-state index in [2.05, 4.69) is 19.2 Å². The number of hydrogen-bond acceptors (Lipinski definition) is 4. The SMILES string of the molecule is CSc1ccccc1C(=O)Nc1ccc2c(c1)N(CC(C)C)C(=O)C(C)(C)CO2. The standard InChI is InChI=1S/C23H28N2O3S/c1-15(2)13-25-18-12-16(10-11-19(18)28-14-23(3,4)22(25)27)24-21(26)17-8-6-7-9-20(17)29-5/h6-12,15H,13-14H2,1-5H3,(H,24,26). The molecule has 29 heavy (non-hydrogen) atoms. The lowest BCUT2D eigenvalue weighted by atomic mass is 9.92. The van der Waals surface area contributed by atoms with Crippen molar-refractivity contribution >= 4 is 35.0 Å². The molecule has 0 atom stereocenters. The van der Waals surface area contributed by atoms with Gasteiger partial charge in [-0.15, -0.1) is 11.8 Å². The number of carbonyl (C=O) groups excluding carboxylic acids is 2. The van der Waals surface area contributed by atoms with Crippen LogP contribution in [0.25, 0.3) is 0 Å². The first kappa shape index (κ1) is 21.2. The average Bonchev–Trinajstić information content (AvgIpc) is 2.78. The van der Waals surface area contributed by atoms with E-state index < -0.39 is 5.41 Å². The van der Waals surface area contributed by atoms with Gasteiger partial charge in [-0.05, 0) is 56.4 Å². The number of ether oxygens (including phenoxy) is 1. The number of thioether (sulfide) groups is 1. The molecule has 154 valence electrons. The molecule has 1 heterocycles. The Bertz CT molecular complexity index is 924. The highest BCUT2D eigenvalue weighted by Crippen LogP contribution is 2.38. The summed E-state index contributed by atoms with van der Waals surface area (Å²) >= 11 is 1.53. The Morgan fingerprint density at radius 3 is 2.66 bits per heavy atom. The summed E-state index contributed by atoms with van der Waals surface area (Å²) in [7, 11) is 0. The van der Waals surface area contributed by atoms with E-state index in [4.69, 9.17) is 4.74 Å². The second kappa shape index (κ2) is 8.49. The number of benzene rings is 2. The Labute approximate surface area is 176 Å². The van der Waals surface area contributed by atoms with E-state index in [1.807, 2.05) is 62.6 Å². The molecule has 0 radical (unpaired) electrons. The number of amides is 2. The number of carbonyl (C=O) groups is 2. The lowest BCUT2D eigenvalue weighted by molar-refractivity contribution is -0.127. The van der Waals surface area contributed by atoms with E-state index in [9.17, 15) is 9.59 Å². The van der Waals surface area contributed by atoms with Crippen molar-refractivity contribution < 1.29 is 14.3 Å². The smallest absolute Gasteiger partial charge is 0.256 e. The largest absolute Gasteiger partial charge is 0.490 e. The molecule has 0 saturated carbocycles. The van der Waals surface area contributed by atoms with Crippen molar-refractivity contribution in [3.05, 3.63) is 48.0 Å². The van der Waals surface area contributed by atoms with Crippen LogP contribution in [0, 0.1) is 11.3 Å². The molecule has 2 amide bonds. The highest BCUT2D eigenvalue weighted by atomic mass is 32.2. The van der Waals surface area contributed by atoms with Crippen molar-refractivity contribution in [1.29, 1.82) is 0 Å². The zero-order valence-electron chi connectivity index (χ0n) is 17.6. The molecule has 0 bridgehead atoms. The summed E-state index contributed by atoms with van der Waals surface area (Å²) in [5, 5.41) is 2.97. The Hall–Kier alpha value is -2.47. The van der Waals surface area contributed by atoms with Gasteiger partial charge in [-0.3, -0.25) is 9.59 Å². The number of rotatable bonds is 5. The lowest BCUT2D eigenvalue weighted by Crippen LogP contribution is -2.43. The molecule has 2 aromatic carbocycles. The van der Waals surface area contributed by atoms with Crippen LogP contribution >= 0.6 is 11.8 Å². The van der Waals surface area contributed by atoms with Crippen LogP contribution in [-0.4, -0.2) is 31.2 Å². The summed E-state index contributed by atoms with van der Waals surface area (Å²) in [6.45, 7) is 8.87. The molecule has 1 aliphatic rings. The van der Waals surface area contributed by atoms with E-state index in [1.54, 1.807) is 4.90 Å². The van der Waals surface area contributed by atoms with Gasteiger partial charge in [0.05, 0.1) is 16.7 Å². The molecule has 0 spiro atoms. The van der Waals surface area contributed by atoms with E-state index in [0.717, 1.165) is 4.90 Å². The lowest BCUT2D eigenvalue weighted by Gasteiger charge is -2.29. The number of nitrogens with zero attached hydrogens (tertiary/aromatic N) is 1. The fraction of sp³-hybridized carbons (Fsp3) is 0.391. The fourth-order valence-corrected chi connectivity index (χ4v) is 3.90. The summed E-state index contributed by atoms with van der Waals surface area (Å²) in [5.74, 6) is 0.812. The maximum Gasteiger partial charge on any atom is 0.256 e. The third-order valence-electron chi connectivity index (χ3n) is 4.82. The van der Waals surface area contributed by atoms with E-state index in [1.165, 1.54) is 11.8 Å². The highest BCUT2D eigenvalue weighted by Gasteiger charge is 2.38. The summed E-state index contributed by atoms with van der Waals surface area (Å²) < 4.78 is 5.95. The van der Waals surface area contributed by atoms with Crippen LogP contribution in [0.2, 0.25) is 0 Å². The molecule has 2 aromatic rings. The average molecular weight is 413 g/mol. The van der Waals surface area contributed by atoms with Gasteiger partial charge in [0.15, 0.2) is 0 Å². The first-order valence-electron chi connectivity index (χ1n) is 9.76. The molecule has 6 heteroatoms. The Morgan fingerprint density at radius 2 is 1.97 bits per heavy atom. The van der Waals surface area contributed by atoms with E-state index >= 15 is 0 Å². The molecule has 0 fully saturated rings. The van der Waals surface area contributed by atoms with Crippen LogP contribution in [-0.2, 0) is 4.79 Å². The summed E-state index contributed by atoms with van der Waals surface area (Å²) in [4.78, 5) is 28.7. The van der Waals surface area contributed by atoms with Crippen molar-refractivity contribution in [3.63, 3.8) is 0 Å². The molecule has 5 nitrogen and oxygen atoms in total. The normalized spacial score (nSPS) is 15.5. The van der Waals surface area contributed by atoms with E-state index in [0.29, 0.717) is 41.8 Å². The van der Waals surface area contributed by atoms with Crippen LogP contribution in [0.1, 0.15) is 38.1 Å². The topological polar surface area (TPSA) is 58.6 Å². The van der Waals surface area contributed by atoms with Gasteiger partial charge < -0.3 is 15.0 Å². The van der Waals surface area contributed by atoms with E-state index in [-0.39, 0.29) is 11.8 Å². The van der Waals surface area contributed by atoms with Gasteiger partial charge in [-0.25, -0.2) is 0 Å². The fourth-order valence-electron chi connectivity index (χ4n) is 3.30. The van der Waals surface area contributed by atoms with Crippen molar-refractivity contribution in [2.24, 2.45) is 11.3 Å². The minimum absolute atomic E-state index is 0.0288. The van der Waals surface area contributed by atoms with Gasteiger partial charge in [0.2, 0.25) is 5.91 Å². The van der Waals surface area contributed by atoms with Crippen LogP contribution in [0.15, 0.2) is 47.4 Å². The molecule has 0 saturated heterocycles. The van der Waals surface area contributed by atoms with Gasteiger partial charge in [-0.2, -0.15) is 0 Å². The van der Waals surface area contributed by atoms with Crippen molar-refractivity contribution in [2.75, 3.05) is 29.6 Å². The summed E-state index contributed by atoms with van der Waals surface area (Å²) in [6, 6.07) is 13.0. The third-order valence-corrected chi connectivity index (χ3v) is 5.62. The maximum atomic E-state index is 13.2. The van der Waals surface area contributed by atoms with Crippen LogP contribution in [0.3, 0.4) is 0 Å². The third kappa shape index (κ3) is 4.58. The number of fused-ring (bicyclic) bond motifs is 1. The zero-order valence-corrected chi connectivity index (χ0v) is 18.4. The molecule has 0 aromatic heterocycles. The molecular formula is C23H28N2O3S. The number of anilines is 2. The van der Waals surface area contributed by atoms with Gasteiger partial charge in [0.1, 0.15) is 12.4 Å². The van der Waals surface area contributed by atoms with Crippen LogP contribution < -0.4 is 15.0 Å². The second-order valence-electron chi connectivity index (χ2n) is 8.32. The van der Waals surface area contributed by atoms with Crippen molar-refractivity contribution in [2.45, 2.75) is 32.6 Å². The number of nitrogens with one attached hydrogen (secondary N) is 1. The Kier molecular flexibility index (Phi) is 6.22. The zero-order chi connectivity index (χ0) is 21.2. The minimum Gasteiger partial charge on any atom is -0.490 e. The molecule has 0 unspecified atom stereocenters. The summed E-state index contributed by atoms with van der Waals surface area (Å²) in [6.07, 6.45) is 1.95. The van der Waals surface area contributed by atoms with Crippen molar-refractivity contribution in [1.82, 2.24) is 0 Å². The summed E-state index contributed by atoms with van der Waals surface area (Å²) in [5.41, 5.74) is 1.34. The highest BCUT2D eigenvalue weighted by molar-refractivity contribution is 7.98. The molecule has 0 aliphatic carbocycles. The van der Waals surface area contributed by atoms with Gasteiger partial charge in [-0.1, -0.05) is 26.0 Å². The Morgan fingerprint density at radius 1 is 1.24 bits per heavy atom. The maximum absolute atomic E-state index is 13.2.